The third kappa shape index (κ3) is 3.05. The predicted octanol–water partition coefficient (Wildman–Crippen LogP) is 3.25. The SMILES string of the molecule is COc1cc2c3c(cnc2c(Cl)c1Cl)CN(C(=O)Cn1ccccc1=O)C3. The summed E-state index contributed by atoms with van der Waals surface area (Å²) >= 11 is 12.6. The molecule has 1 aliphatic heterocycles. The summed E-state index contributed by atoms with van der Waals surface area (Å²) in [5, 5.41) is 1.45. The summed E-state index contributed by atoms with van der Waals surface area (Å²) < 4.78 is 6.69. The number of amides is 1. The van der Waals surface area contributed by atoms with E-state index in [-0.39, 0.29) is 18.0 Å². The lowest BCUT2D eigenvalue weighted by Gasteiger charge is -2.16. The number of nitrogens with zero attached hydrogens (tertiary/aromatic N) is 3. The Morgan fingerprint density at radius 1 is 1.26 bits per heavy atom. The monoisotopic (exact) mass is 403 g/mol. The highest BCUT2D eigenvalue weighted by Crippen LogP contribution is 2.40. The Kier molecular flexibility index (Phi) is 4.53. The molecule has 0 saturated heterocycles. The quantitative estimate of drug-likeness (QED) is 0.673. The van der Waals surface area contributed by atoms with Gasteiger partial charge in [0.25, 0.3) is 5.56 Å². The first-order valence-corrected chi connectivity index (χ1v) is 9.01. The number of benzene rings is 1. The van der Waals surface area contributed by atoms with Gasteiger partial charge in [0.05, 0.1) is 17.6 Å². The van der Waals surface area contributed by atoms with Gasteiger partial charge in [0.15, 0.2) is 0 Å². The molecule has 0 radical (unpaired) electrons. The number of rotatable bonds is 3. The van der Waals surface area contributed by atoms with Crippen LogP contribution >= 0.6 is 23.2 Å². The number of halogens is 2. The van der Waals surface area contributed by atoms with Gasteiger partial charge in [-0.05, 0) is 23.3 Å². The third-order valence-corrected chi connectivity index (χ3v) is 5.54. The zero-order chi connectivity index (χ0) is 19.1. The highest BCUT2D eigenvalue weighted by atomic mass is 35.5. The molecular formula is C19H15Cl2N3O3. The number of pyridine rings is 2. The van der Waals surface area contributed by atoms with E-state index in [4.69, 9.17) is 27.9 Å². The van der Waals surface area contributed by atoms with E-state index >= 15 is 0 Å². The topological polar surface area (TPSA) is 64.4 Å². The normalized spacial score (nSPS) is 13.1. The molecule has 3 heterocycles. The Balaban J connectivity index is 1.68. The second-order valence-electron chi connectivity index (χ2n) is 6.28. The Morgan fingerprint density at radius 3 is 2.81 bits per heavy atom. The second kappa shape index (κ2) is 6.87. The summed E-state index contributed by atoms with van der Waals surface area (Å²) in [5.41, 5.74) is 2.28. The molecule has 27 heavy (non-hydrogen) atoms. The van der Waals surface area contributed by atoms with Gasteiger partial charge in [0.1, 0.15) is 17.3 Å². The Morgan fingerprint density at radius 2 is 2.07 bits per heavy atom. The van der Waals surface area contributed by atoms with Gasteiger partial charge in [-0.15, -0.1) is 0 Å². The maximum Gasteiger partial charge on any atom is 0.250 e. The van der Waals surface area contributed by atoms with Crippen molar-refractivity contribution in [3.63, 3.8) is 0 Å². The van der Waals surface area contributed by atoms with Crippen molar-refractivity contribution in [2.75, 3.05) is 7.11 Å². The van der Waals surface area contributed by atoms with Crippen LogP contribution < -0.4 is 10.3 Å². The van der Waals surface area contributed by atoms with E-state index < -0.39 is 0 Å². The van der Waals surface area contributed by atoms with Crippen molar-refractivity contribution in [2.24, 2.45) is 0 Å². The molecule has 138 valence electrons. The van der Waals surface area contributed by atoms with Crippen LogP contribution in [0.3, 0.4) is 0 Å². The van der Waals surface area contributed by atoms with Crippen molar-refractivity contribution >= 4 is 40.0 Å². The van der Waals surface area contributed by atoms with E-state index in [2.05, 4.69) is 4.98 Å². The Bertz CT molecular complexity index is 1130. The average Bonchev–Trinajstić information content (AvgIpc) is 3.11. The van der Waals surface area contributed by atoms with E-state index in [1.54, 1.807) is 35.5 Å². The van der Waals surface area contributed by atoms with E-state index in [1.807, 2.05) is 0 Å². The number of fused-ring (bicyclic) bond motifs is 3. The largest absolute Gasteiger partial charge is 0.495 e. The van der Waals surface area contributed by atoms with Gasteiger partial charge >= 0.3 is 0 Å². The first-order chi connectivity index (χ1) is 13.0. The van der Waals surface area contributed by atoms with Crippen LogP contribution in [0.25, 0.3) is 10.9 Å². The fourth-order valence-corrected chi connectivity index (χ4v) is 3.74. The highest BCUT2D eigenvalue weighted by Gasteiger charge is 2.27. The lowest BCUT2D eigenvalue weighted by atomic mass is 10.1. The number of carbonyl (C=O) groups excluding carboxylic acids is 1. The number of hydrogen-bond donors (Lipinski definition) is 0. The van der Waals surface area contributed by atoms with Crippen LogP contribution in [0.5, 0.6) is 5.75 Å². The zero-order valence-electron chi connectivity index (χ0n) is 14.4. The molecule has 0 N–H and O–H groups in total. The van der Waals surface area contributed by atoms with Crippen LogP contribution in [0.1, 0.15) is 11.1 Å². The molecule has 1 amide bonds. The minimum absolute atomic E-state index is 0.00503. The fourth-order valence-electron chi connectivity index (χ4n) is 3.28. The first kappa shape index (κ1) is 17.8. The standard InChI is InChI=1S/C19H15Cl2N3O3/c1-27-14-6-12-13-9-24(16(26)10-23-5-3-2-4-15(23)25)8-11(13)7-22-19(12)18(21)17(14)20/h2-7H,8-10H2,1H3. The summed E-state index contributed by atoms with van der Waals surface area (Å²) in [5.74, 6) is 0.324. The van der Waals surface area contributed by atoms with Crippen LogP contribution in [-0.2, 0) is 24.4 Å². The van der Waals surface area contributed by atoms with Gasteiger partial charge in [-0.3, -0.25) is 14.6 Å². The molecule has 0 spiro atoms. The van der Waals surface area contributed by atoms with E-state index in [9.17, 15) is 9.59 Å². The minimum atomic E-state index is -0.208. The summed E-state index contributed by atoms with van der Waals surface area (Å²) in [6, 6.07) is 6.60. The Labute approximate surface area is 164 Å². The zero-order valence-corrected chi connectivity index (χ0v) is 15.9. The molecule has 2 aromatic heterocycles. The molecule has 0 atom stereocenters. The summed E-state index contributed by atoms with van der Waals surface area (Å²) in [4.78, 5) is 30.6. The molecule has 0 aliphatic carbocycles. The van der Waals surface area contributed by atoms with Gasteiger partial charge in [-0.1, -0.05) is 29.3 Å². The molecule has 0 fully saturated rings. The van der Waals surface area contributed by atoms with Gasteiger partial charge in [-0.2, -0.15) is 0 Å². The summed E-state index contributed by atoms with van der Waals surface area (Å²) in [7, 11) is 1.52. The summed E-state index contributed by atoms with van der Waals surface area (Å²) in [6.45, 7) is 0.839. The number of hydrogen-bond acceptors (Lipinski definition) is 4. The first-order valence-electron chi connectivity index (χ1n) is 8.25. The molecular weight excluding hydrogens is 389 g/mol. The number of aromatic nitrogens is 2. The molecule has 0 saturated carbocycles. The molecule has 1 aromatic carbocycles. The molecule has 0 bridgehead atoms. The van der Waals surface area contributed by atoms with Crippen molar-refractivity contribution in [3.05, 3.63) is 68.2 Å². The number of methoxy groups -OCH3 is 1. The fraction of sp³-hybridized carbons (Fsp3) is 0.211. The lowest BCUT2D eigenvalue weighted by Crippen LogP contribution is -2.32. The van der Waals surface area contributed by atoms with Crippen LogP contribution in [0.15, 0.2) is 41.5 Å². The van der Waals surface area contributed by atoms with Crippen molar-refractivity contribution in [1.82, 2.24) is 14.5 Å². The van der Waals surface area contributed by atoms with Crippen molar-refractivity contribution in [1.29, 1.82) is 0 Å². The van der Waals surface area contributed by atoms with Gasteiger partial charge in [0, 0.05) is 36.9 Å². The average molecular weight is 404 g/mol. The molecule has 1 aliphatic rings. The van der Waals surface area contributed by atoms with Crippen molar-refractivity contribution in [3.8, 4) is 5.75 Å². The molecule has 6 nitrogen and oxygen atoms in total. The second-order valence-corrected chi connectivity index (χ2v) is 7.04. The van der Waals surface area contributed by atoms with Crippen LogP contribution in [-0.4, -0.2) is 27.5 Å². The maximum atomic E-state index is 12.7. The Hall–Kier alpha value is -2.57. The number of ether oxygens (including phenoxy) is 1. The van der Waals surface area contributed by atoms with E-state index in [0.717, 1.165) is 16.5 Å². The van der Waals surface area contributed by atoms with Crippen LogP contribution in [0, 0.1) is 0 Å². The van der Waals surface area contributed by atoms with Crippen LogP contribution in [0.2, 0.25) is 10.0 Å². The van der Waals surface area contributed by atoms with E-state index in [0.29, 0.717) is 34.4 Å². The van der Waals surface area contributed by atoms with Gasteiger partial charge < -0.3 is 14.2 Å². The van der Waals surface area contributed by atoms with Gasteiger partial charge in [0.2, 0.25) is 5.91 Å². The minimum Gasteiger partial charge on any atom is -0.495 e. The molecule has 0 unspecified atom stereocenters. The molecule has 8 heteroatoms. The van der Waals surface area contributed by atoms with Crippen LogP contribution in [0.4, 0.5) is 0 Å². The van der Waals surface area contributed by atoms with E-state index in [1.165, 1.54) is 17.7 Å². The molecule has 4 rings (SSSR count). The smallest absolute Gasteiger partial charge is 0.250 e. The molecule has 3 aromatic rings. The number of carbonyl (C=O) groups is 1. The summed E-state index contributed by atoms with van der Waals surface area (Å²) in [6.07, 6.45) is 3.32. The lowest BCUT2D eigenvalue weighted by molar-refractivity contribution is -0.132. The highest BCUT2D eigenvalue weighted by molar-refractivity contribution is 6.46. The third-order valence-electron chi connectivity index (χ3n) is 4.70. The van der Waals surface area contributed by atoms with Crippen molar-refractivity contribution in [2.45, 2.75) is 19.6 Å². The van der Waals surface area contributed by atoms with Crippen molar-refractivity contribution < 1.29 is 9.53 Å². The maximum absolute atomic E-state index is 12.7. The van der Waals surface area contributed by atoms with Gasteiger partial charge in [-0.25, -0.2) is 0 Å². The predicted molar refractivity (Wildman–Crippen MR) is 103 cm³/mol.